The van der Waals surface area contributed by atoms with E-state index in [1.807, 2.05) is 0 Å². The number of hydrogen-bond acceptors (Lipinski definition) is 2. The molecule has 0 aliphatic carbocycles. The summed E-state index contributed by atoms with van der Waals surface area (Å²) in [6.45, 7) is 9.10. The highest BCUT2D eigenvalue weighted by Gasteiger charge is 2.27. The minimum Gasteiger partial charge on any atom is -0.298 e. The third kappa shape index (κ3) is 4.19. The molecule has 1 fully saturated rings. The summed E-state index contributed by atoms with van der Waals surface area (Å²) in [5.74, 6) is 0. The van der Waals surface area contributed by atoms with Gasteiger partial charge in [0.2, 0.25) is 0 Å². The van der Waals surface area contributed by atoms with Crippen molar-refractivity contribution in [1.82, 2.24) is 9.80 Å². The molecule has 1 unspecified atom stereocenters. The Labute approximate surface area is 169 Å². The van der Waals surface area contributed by atoms with E-state index in [1.165, 1.54) is 22.3 Å². The zero-order valence-corrected chi connectivity index (χ0v) is 17.0. The van der Waals surface area contributed by atoms with Gasteiger partial charge in [0.1, 0.15) is 0 Å². The fraction of sp³-hybridized carbons (Fsp3) is 0.308. The first-order valence-corrected chi connectivity index (χ1v) is 10.4. The highest BCUT2D eigenvalue weighted by Crippen LogP contribution is 2.31. The van der Waals surface area contributed by atoms with Gasteiger partial charge in [-0.2, -0.15) is 0 Å². The maximum atomic E-state index is 2.64. The zero-order valence-electron chi connectivity index (χ0n) is 17.0. The van der Waals surface area contributed by atoms with Crippen LogP contribution in [0.3, 0.4) is 0 Å². The molecule has 1 heterocycles. The number of hydrogen-bond donors (Lipinski definition) is 0. The van der Waals surface area contributed by atoms with Gasteiger partial charge in [0.05, 0.1) is 6.04 Å². The van der Waals surface area contributed by atoms with E-state index >= 15 is 0 Å². The van der Waals surface area contributed by atoms with Crippen LogP contribution in [0.5, 0.6) is 0 Å². The molecule has 144 valence electrons. The van der Waals surface area contributed by atoms with Crippen molar-refractivity contribution in [3.63, 3.8) is 0 Å². The van der Waals surface area contributed by atoms with E-state index in [9.17, 15) is 0 Å². The molecule has 2 heteroatoms. The quantitative estimate of drug-likeness (QED) is 0.588. The normalized spacial score (nSPS) is 17.0. The summed E-state index contributed by atoms with van der Waals surface area (Å²) in [6.07, 6.45) is 0. The maximum absolute atomic E-state index is 2.64. The van der Waals surface area contributed by atoms with Crippen LogP contribution in [0.2, 0.25) is 0 Å². The second-order valence-corrected chi connectivity index (χ2v) is 7.97. The predicted molar refractivity (Wildman–Crippen MR) is 118 cm³/mol. The third-order valence-electron chi connectivity index (χ3n) is 5.89. The van der Waals surface area contributed by atoms with E-state index in [0.717, 1.165) is 26.2 Å². The zero-order chi connectivity index (χ0) is 19.3. The standard InChI is InChI=1S/C26H30N2/c1-21(2)27-17-19-28(20-18-27)26(24-11-7-4-8-12-24)25-15-13-23(14-16-25)22-9-5-3-6-10-22/h3-16,21,26H,17-20H2,1-2H3. The molecular weight excluding hydrogens is 340 g/mol. The molecule has 3 aromatic rings. The summed E-state index contributed by atoms with van der Waals surface area (Å²) in [4.78, 5) is 5.22. The lowest BCUT2D eigenvalue weighted by Crippen LogP contribution is -2.49. The molecule has 0 amide bonds. The van der Waals surface area contributed by atoms with Crippen LogP contribution in [-0.4, -0.2) is 42.0 Å². The SMILES string of the molecule is CC(C)N1CCN(C(c2ccccc2)c2ccc(-c3ccccc3)cc2)CC1. The minimum atomic E-state index is 0.320. The Balaban J connectivity index is 1.61. The Kier molecular flexibility index (Phi) is 5.90. The van der Waals surface area contributed by atoms with Crippen molar-refractivity contribution in [3.8, 4) is 11.1 Å². The van der Waals surface area contributed by atoms with Crippen molar-refractivity contribution in [3.05, 3.63) is 96.1 Å². The Morgan fingerprint density at radius 2 is 1.00 bits per heavy atom. The van der Waals surface area contributed by atoms with Crippen LogP contribution in [0.1, 0.15) is 31.0 Å². The van der Waals surface area contributed by atoms with E-state index in [4.69, 9.17) is 0 Å². The Morgan fingerprint density at radius 3 is 1.57 bits per heavy atom. The summed E-state index contributed by atoms with van der Waals surface area (Å²) in [5, 5.41) is 0. The molecule has 4 rings (SSSR count). The summed E-state index contributed by atoms with van der Waals surface area (Å²) in [7, 11) is 0. The van der Waals surface area contributed by atoms with Crippen molar-refractivity contribution in [1.29, 1.82) is 0 Å². The first-order chi connectivity index (χ1) is 13.7. The average Bonchev–Trinajstić information content (AvgIpc) is 2.76. The molecule has 3 aromatic carbocycles. The second kappa shape index (κ2) is 8.72. The Hall–Kier alpha value is -2.42. The Morgan fingerprint density at radius 1 is 0.536 bits per heavy atom. The van der Waals surface area contributed by atoms with Crippen molar-refractivity contribution >= 4 is 0 Å². The van der Waals surface area contributed by atoms with Gasteiger partial charge >= 0.3 is 0 Å². The Bertz CT molecular complexity index is 848. The fourth-order valence-electron chi connectivity index (χ4n) is 4.25. The second-order valence-electron chi connectivity index (χ2n) is 7.97. The molecule has 0 spiro atoms. The van der Waals surface area contributed by atoms with Crippen LogP contribution >= 0.6 is 0 Å². The molecule has 0 radical (unpaired) electrons. The molecule has 2 nitrogen and oxygen atoms in total. The first-order valence-electron chi connectivity index (χ1n) is 10.4. The van der Waals surface area contributed by atoms with Crippen molar-refractivity contribution < 1.29 is 0 Å². The number of benzene rings is 3. The molecule has 0 N–H and O–H groups in total. The molecule has 1 atom stereocenters. The maximum Gasteiger partial charge on any atom is 0.0602 e. The predicted octanol–water partition coefficient (Wildman–Crippen LogP) is 5.47. The number of rotatable bonds is 5. The number of nitrogens with zero attached hydrogens (tertiary/aromatic N) is 2. The van der Waals surface area contributed by atoms with Gasteiger partial charge in [-0.25, -0.2) is 0 Å². The molecule has 0 aromatic heterocycles. The van der Waals surface area contributed by atoms with Crippen molar-refractivity contribution in [2.24, 2.45) is 0 Å². The van der Waals surface area contributed by atoms with Gasteiger partial charge in [0.25, 0.3) is 0 Å². The van der Waals surface area contributed by atoms with Crippen molar-refractivity contribution in [2.45, 2.75) is 25.9 Å². The van der Waals surface area contributed by atoms with E-state index < -0.39 is 0 Å². The van der Waals surface area contributed by atoms with Gasteiger partial charge in [0, 0.05) is 32.2 Å². The lowest BCUT2D eigenvalue weighted by atomic mass is 9.94. The molecule has 1 aliphatic heterocycles. The van der Waals surface area contributed by atoms with Gasteiger partial charge in [-0.1, -0.05) is 84.9 Å². The van der Waals surface area contributed by atoms with Gasteiger partial charge in [-0.15, -0.1) is 0 Å². The van der Waals surface area contributed by atoms with E-state index in [2.05, 4.69) is 109 Å². The largest absolute Gasteiger partial charge is 0.298 e. The molecule has 0 saturated carbocycles. The summed E-state index contributed by atoms with van der Waals surface area (Å²) >= 11 is 0. The minimum absolute atomic E-state index is 0.320. The average molecular weight is 371 g/mol. The molecule has 1 aliphatic rings. The molecule has 0 bridgehead atoms. The fourth-order valence-corrected chi connectivity index (χ4v) is 4.25. The highest BCUT2D eigenvalue weighted by molar-refractivity contribution is 5.63. The smallest absolute Gasteiger partial charge is 0.0602 e. The van der Waals surface area contributed by atoms with Gasteiger partial charge in [-0.05, 0) is 36.1 Å². The third-order valence-corrected chi connectivity index (χ3v) is 5.89. The van der Waals surface area contributed by atoms with Gasteiger partial charge < -0.3 is 0 Å². The lowest BCUT2D eigenvalue weighted by molar-refractivity contribution is 0.0893. The van der Waals surface area contributed by atoms with Gasteiger partial charge in [-0.3, -0.25) is 9.80 Å². The van der Waals surface area contributed by atoms with Crippen molar-refractivity contribution in [2.75, 3.05) is 26.2 Å². The van der Waals surface area contributed by atoms with Crippen LogP contribution in [0.4, 0.5) is 0 Å². The summed E-state index contributed by atoms with van der Waals surface area (Å²) in [6, 6.07) is 31.7. The topological polar surface area (TPSA) is 6.48 Å². The van der Waals surface area contributed by atoms with E-state index in [0.29, 0.717) is 12.1 Å². The van der Waals surface area contributed by atoms with Crippen LogP contribution in [0.15, 0.2) is 84.9 Å². The molecule has 28 heavy (non-hydrogen) atoms. The molecule has 1 saturated heterocycles. The highest BCUT2D eigenvalue weighted by atomic mass is 15.3. The summed E-state index contributed by atoms with van der Waals surface area (Å²) in [5.41, 5.74) is 5.31. The van der Waals surface area contributed by atoms with E-state index in [1.54, 1.807) is 0 Å². The van der Waals surface area contributed by atoms with Gasteiger partial charge in [0.15, 0.2) is 0 Å². The van der Waals surface area contributed by atoms with E-state index in [-0.39, 0.29) is 0 Å². The molecular formula is C26H30N2. The monoisotopic (exact) mass is 370 g/mol. The summed E-state index contributed by atoms with van der Waals surface area (Å²) < 4.78 is 0. The first kappa shape index (κ1) is 18.9. The van der Waals surface area contributed by atoms with Crippen LogP contribution < -0.4 is 0 Å². The number of piperazine rings is 1. The van der Waals surface area contributed by atoms with Crippen LogP contribution in [0.25, 0.3) is 11.1 Å². The lowest BCUT2D eigenvalue weighted by Gasteiger charge is -2.41. The van der Waals surface area contributed by atoms with Crippen LogP contribution in [0, 0.1) is 0 Å². The van der Waals surface area contributed by atoms with Crippen LogP contribution in [-0.2, 0) is 0 Å².